The molecule has 1 saturated carbocycles. The van der Waals surface area contributed by atoms with Gasteiger partial charge in [-0.15, -0.1) is 0 Å². The zero-order valence-electron chi connectivity index (χ0n) is 15.9. The third kappa shape index (κ3) is 2.90. The number of hydrogen-bond donors (Lipinski definition) is 2. The number of pyridine rings is 1. The number of phenols is 1. The van der Waals surface area contributed by atoms with Crippen molar-refractivity contribution < 1.29 is 19.1 Å². The Morgan fingerprint density at radius 2 is 2.00 bits per heavy atom. The van der Waals surface area contributed by atoms with Gasteiger partial charge in [0.25, 0.3) is 5.91 Å². The summed E-state index contributed by atoms with van der Waals surface area (Å²) in [6.45, 7) is 0.895. The number of aromatic nitrogens is 1. The Balaban J connectivity index is 1.36. The van der Waals surface area contributed by atoms with Crippen LogP contribution in [-0.4, -0.2) is 28.8 Å². The Bertz CT molecular complexity index is 1170. The van der Waals surface area contributed by atoms with Gasteiger partial charge >= 0.3 is 0 Å². The molecule has 1 aliphatic carbocycles. The highest BCUT2D eigenvalue weighted by Crippen LogP contribution is 2.57. The summed E-state index contributed by atoms with van der Waals surface area (Å²) in [4.78, 5) is 30.1. The Labute approximate surface area is 172 Å². The van der Waals surface area contributed by atoms with Crippen molar-refractivity contribution >= 4 is 29.4 Å². The lowest BCUT2D eigenvalue weighted by molar-refractivity contribution is 0.102. The maximum atomic E-state index is 13.7. The van der Waals surface area contributed by atoms with Crippen molar-refractivity contribution in [3.05, 3.63) is 77.2 Å². The fourth-order valence-corrected chi connectivity index (χ4v) is 4.08. The van der Waals surface area contributed by atoms with Gasteiger partial charge in [0.15, 0.2) is 17.9 Å². The normalized spacial score (nSPS) is 15.7. The number of rotatable bonds is 4. The number of anilines is 3. The van der Waals surface area contributed by atoms with Crippen LogP contribution in [0.2, 0.25) is 0 Å². The van der Waals surface area contributed by atoms with Crippen molar-refractivity contribution in [3.63, 3.8) is 0 Å². The van der Waals surface area contributed by atoms with Crippen molar-refractivity contribution in [1.82, 2.24) is 4.98 Å². The third-order valence-electron chi connectivity index (χ3n) is 5.84. The molecule has 0 atom stereocenters. The van der Waals surface area contributed by atoms with Gasteiger partial charge < -0.3 is 15.3 Å². The molecule has 6 nitrogen and oxygen atoms in total. The van der Waals surface area contributed by atoms with E-state index in [2.05, 4.69) is 33.4 Å². The zero-order chi connectivity index (χ0) is 20.9. The van der Waals surface area contributed by atoms with Gasteiger partial charge in [-0.1, -0.05) is 18.2 Å². The van der Waals surface area contributed by atoms with Gasteiger partial charge in [-0.2, -0.15) is 0 Å². The summed E-state index contributed by atoms with van der Waals surface area (Å²) in [7, 11) is 0. The lowest BCUT2D eigenvalue weighted by Gasteiger charge is -2.19. The number of phenolic OH excluding ortho intramolecular Hbond substituents is 1. The predicted octanol–water partition coefficient (Wildman–Crippen LogP) is 4.17. The summed E-state index contributed by atoms with van der Waals surface area (Å²) in [5.74, 6) is -1.61. The molecule has 1 aromatic heterocycles. The van der Waals surface area contributed by atoms with E-state index in [1.165, 1.54) is 24.1 Å². The third-order valence-corrected chi connectivity index (χ3v) is 5.84. The lowest BCUT2D eigenvalue weighted by atomic mass is 9.99. The molecule has 3 aromatic rings. The molecule has 2 N–H and O–H groups in total. The van der Waals surface area contributed by atoms with E-state index < -0.39 is 17.5 Å². The number of nitrogens with one attached hydrogen (secondary N) is 1. The number of halogens is 1. The van der Waals surface area contributed by atoms with Crippen molar-refractivity contribution in [2.45, 2.75) is 18.3 Å². The number of benzene rings is 2. The van der Waals surface area contributed by atoms with Crippen molar-refractivity contribution in [1.29, 1.82) is 0 Å². The summed E-state index contributed by atoms with van der Waals surface area (Å²) >= 11 is 0. The van der Waals surface area contributed by atoms with E-state index in [4.69, 9.17) is 0 Å². The standard InChI is InChI=1S/C23H18FN3O3/c24-18-10-14(9-15(12-28)21(18)29)22(30)26-16-5-6-20(25-11-16)27-13-23(7-8-23)17-3-1-2-4-19(17)27/h1-6,9-12,29H,7-8,13H2,(H,26,30). The number of carbonyl (C=O) groups excluding carboxylic acids is 2. The van der Waals surface area contributed by atoms with Gasteiger partial charge in [0, 0.05) is 23.2 Å². The number of nitrogens with zero attached hydrogens (tertiary/aromatic N) is 2. The average molecular weight is 403 g/mol. The van der Waals surface area contributed by atoms with E-state index >= 15 is 0 Å². The van der Waals surface area contributed by atoms with Gasteiger partial charge in [-0.3, -0.25) is 9.59 Å². The van der Waals surface area contributed by atoms with Crippen molar-refractivity contribution in [2.24, 2.45) is 0 Å². The minimum atomic E-state index is -1.03. The topological polar surface area (TPSA) is 82.5 Å². The van der Waals surface area contributed by atoms with E-state index in [1.54, 1.807) is 12.3 Å². The first kappa shape index (κ1) is 18.3. The van der Waals surface area contributed by atoms with Crippen LogP contribution in [0.5, 0.6) is 5.75 Å². The molecule has 150 valence electrons. The van der Waals surface area contributed by atoms with Crippen LogP contribution in [0.3, 0.4) is 0 Å². The smallest absolute Gasteiger partial charge is 0.255 e. The first-order valence-electron chi connectivity index (χ1n) is 9.63. The largest absolute Gasteiger partial charge is 0.504 e. The highest BCUT2D eigenvalue weighted by atomic mass is 19.1. The second kappa shape index (κ2) is 6.66. The molecule has 30 heavy (non-hydrogen) atoms. The molecule has 1 amide bonds. The molecule has 0 unspecified atom stereocenters. The summed E-state index contributed by atoms with van der Waals surface area (Å²) in [6, 6.07) is 14.0. The van der Waals surface area contributed by atoms with Crippen LogP contribution in [-0.2, 0) is 5.41 Å². The van der Waals surface area contributed by atoms with Crippen LogP contribution in [0.4, 0.5) is 21.6 Å². The van der Waals surface area contributed by atoms with E-state index in [9.17, 15) is 19.1 Å². The number of fused-ring (bicyclic) bond motifs is 2. The maximum absolute atomic E-state index is 13.7. The molecular formula is C23H18FN3O3. The predicted molar refractivity (Wildman–Crippen MR) is 110 cm³/mol. The lowest BCUT2D eigenvalue weighted by Crippen LogP contribution is -2.20. The second-order valence-electron chi connectivity index (χ2n) is 7.76. The molecule has 1 aliphatic heterocycles. The summed E-state index contributed by atoms with van der Waals surface area (Å²) in [5.41, 5.74) is 2.86. The first-order chi connectivity index (χ1) is 14.5. The minimum Gasteiger partial charge on any atom is -0.504 e. The van der Waals surface area contributed by atoms with Crippen LogP contribution in [0.1, 0.15) is 39.1 Å². The van der Waals surface area contributed by atoms with Crippen LogP contribution < -0.4 is 10.2 Å². The van der Waals surface area contributed by atoms with Crippen LogP contribution >= 0.6 is 0 Å². The number of hydrogen-bond acceptors (Lipinski definition) is 5. The molecule has 5 rings (SSSR count). The van der Waals surface area contributed by atoms with Crippen LogP contribution in [0.15, 0.2) is 54.7 Å². The summed E-state index contributed by atoms with van der Waals surface area (Å²) < 4.78 is 13.7. The minimum absolute atomic E-state index is 0.0689. The molecule has 0 saturated heterocycles. The van der Waals surface area contributed by atoms with Gasteiger partial charge in [-0.05, 0) is 48.7 Å². The van der Waals surface area contributed by atoms with Crippen molar-refractivity contribution in [3.8, 4) is 5.75 Å². The SMILES string of the molecule is O=Cc1cc(C(=O)Nc2ccc(N3CC4(CC4)c4ccccc43)nc2)cc(F)c1O. The molecule has 0 radical (unpaired) electrons. The molecule has 1 spiro atoms. The fraction of sp³-hybridized carbons (Fsp3) is 0.174. The van der Waals surface area contributed by atoms with E-state index in [0.717, 1.165) is 24.5 Å². The molecule has 7 heteroatoms. The second-order valence-corrected chi connectivity index (χ2v) is 7.76. The van der Waals surface area contributed by atoms with E-state index in [-0.39, 0.29) is 16.5 Å². The molecule has 2 aliphatic rings. The molecular weight excluding hydrogens is 385 g/mol. The Hall–Kier alpha value is -3.74. The number of carbonyl (C=O) groups is 2. The highest BCUT2D eigenvalue weighted by Gasteiger charge is 2.51. The van der Waals surface area contributed by atoms with Crippen molar-refractivity contribution in [2.75, 3.05) is 16.8 Å². The highest BCUT2D eigenvalue weighted by molar-refractivity contribution is 6.05. The molecule has 0 bridgehead atoms. The molecule has 2 heterocycles. The Kier molecular flexibility index (Phi) is 4.06. The van der Waals surface area contributed by atoms with Gasteiger partial charge in [0.2, 0.25) is 0 Å². The first-order valence-corrected chi connectivity index (χ1v) is 9.63. The monoisotopic (exact) mass is 403 g/mol. The van der Waals surface area contributed by atoms with Crippen LogP contribution in [0, 0.1) is 5.82 Å². The van der Waals surface area contributed by atoms with E-state index in [0.29, 0.717) is 12.0 Å². The summed E-state index contributed by atoms with van der Waals surface area (Å²) in [5, 5.41) is 12.1. The molecule has 1 fully saturated rings. The quantitative estimate of drug-likeness (QED) is 0.639. The number of amides is 1. The average Bonchev–Trinajstić information content (AvgIpc) is 3.47. The molecule has 2 aromatic carbocycles. The zero-order valence-corrected chi connectivity index (χ0v) is 15.9. The van der Waals surface area contributed by atoms with Crippen LogP contribution in [0.25, 0.3) is 0 Å². The van der Waals surface area contributed by atoms with E-state index in [1.807, 2.05) is 12.1 Å². The Morgan fingerprint density at radius 3 is 2.70 bits per heavy atom. The summed E-state index contributed by atoms with van der Waals surface area (Å²) in [6.07, 6.45) is 4.21. The number of aromatic hydroxyl groups is 1. The Morgan fingerprint density at radius 1 is 1.20 bits per heavy atom. The number of para-hydroxylation sites is 1. The van der Waals surface area contributed by atoms with Gasteiger partial charge in [0.05, 0.1) is 17.4 Å². The van der Waals surface area contributed by atoms with Gasteiger partial charge in [0.1, 0.15) is 5.82 Å². The van der Waals surface area contributed by atoms with Gasteiger partial charge in [-0.25, -0.2) is 9.37 Å². The fourth-order valence-electron chi connectivity index (χ4n) is 4.08. The number of aldehydes is 1. The maximum Gasteiger partial charge on any atom is 0.255 e.